The van der Waals surface area contributed by atoms with Gasteiger partial charge >= 0.3 is 0 Å². The zero-order chi connectivity index (χ0) is 21.5. The Kier molecular flexibility index (Phi) is 6.84. The molecule has 0 saturated carbocycles. The Labute approximate surface area is 174 Å². The van der Waals surface area contributed by atoms with E-state index in [-0.39, 0.29) is 18.2 Å². The van der Waals surface area contributed by atoms with Crippen LogP contribution in [-0.4, -0.2) is 54.9 Å². The number of carbonyl (C=O) groups is 2. The van der Waals surface area contributed by atoms with E-state index in [4.69, 9.17) is 14.2 Å². The SMILES string of the molecule is COc1ccc(N2N=C(N(CCCOc3cccnc3)C(C)=O)CC2=O)c(OC)c1. The summed E-state index contributed by atoms with van der Waals surface area (Å²) >= 11 is 0. The van der Waals surface area contributed by atoms with Crippen LogP contribution in [0.25, 0.3) is 0 Å². The highest BCUT2D eigenvalue weighted by Gasteiger charge is 2.31. The fourth-order valence-electron chi connectivity index (χ4n) is 3.03. The Morgan fingerprint density at radius 3 is 2.70 bits per heavy atom. The molecule has 0 atom stereocenters. The fourth-order valence-corrected chi connectivity index (χ4v) is 3.03. The lowest BCUT2D eigenvalue weighted by Gasteiger charge is -2.20. The second-order valence-corrected chi connectivity index (χ2v) is 6.50. The van der Waals surface area contributed by atoms with E-state index >= 15 is 0 Å². The van der Waals surface area contributed by atoms with E-state index in [1.165, 1.54) is 23.9 Å². The molecule has 2 heterocycles. The van der Waals surface area contributed by atoms with Crippen LogP contribution >= 0.6 is 0 Å². The van der Waals surface area contributed by atoms with Crippen molar-refractivity contribution in [3.8, 4) is 17.2 Å². The van der Waals surface area contributed by atoms with Crippen LogP contribution in [0.2, 0.25) is 0 Å². The Balaban J connectivity index is 1.69. The molecule has 2 aromatic rings. The summed E-state index contributed by atoms with van der Waals surface area (Å²) in [6, 6.07) is 8.70. The summed E-state index contributed by atoms with van der Waals surface area (Å²) in [5.74, 6) is 1.68. The van der Waals surface area contributed by atoms with E-state index in [0.29, 0.717) is 48.3 Å². The number of anilines is 1. The van der Waals surface area contributed by atoms with E-state index < -0.39 is 0 Å². The van der Waals surface area contributed by atoms with Gasteiger partial charge in [0.15, 0.2) is 0 Å². The standard InChI is InChI=1S/C21H24N4O5/c1-15(26)24(10-5-11-30-17-6-4-9-22-14-17)20-13-21(27)25(23-20)18-8-7-16(28-2)12-19(18)29-3/h4,6-9,12,14H,5,10-11,13H2,1-3H3. The first kappa shape index (κ1) is 21.1. The second kappa shape index (κ2) is 9.73. The van der Waals surface area contributed by atoms with Gasteiger partial charge in [0.1, 0.15) is 28.8 Å². The minimum atomic E-state index is -0.244. The van der Waals surface area contributed by atoms with Crippen LogP contribution in [0, 0.1) is 0 Å². The number of amidine groups is 1. The van der Waals surface area contributed by atoms with Crippen molar-refractivity contribution in [2.24, 2.45) is 5.10 Å². The summed E-state index contributed by atoms with van der Waals surface area (Å²) in [5, 5.41) is 5.66. The van der Waals surface area contributed by atoms with Crippen LogP contribution in [0.1, 0.15) is 19.8 Å². The molecule has 1 aromatic heterocycles. The first-order valence-corrected chi connectivity index (χ1v) is 9.47. The number of hydrazone groups is 1. The summed E-state index contributed by atoms with van der Waals surface area (Å²) in [6.45, 7) is 2.24. The van der Waals surface area contributed by atoms with Crippen molar-refractivity contribution in [2.75, 3.05) is 32.4 Å². The van der Waals surface area contributed by atoms with E-state index in [1.54, 1.807) is 43.8 Å². The van der Waals surface area contributed by atoms with Crippen molar-refractivity contribution in [1.82, 2.24) is 9.88 Å². The molecule has 0 N–H and O–H groups in total. The fraction of sp³-hybridized carbons (Fsp3) is 0.333. The van der Waals surface area contributed by atoms with Crippen molar-refractivity contribution in [1.29, 1.82) is 0 Å². The molecule has 2 amide bonds. The Morgan fingerprint density at radius 2 is 2.03 bits per heavy atom. The maximum atomic E-state index is 12.6. The van der Waals surface area contributed by atoms with Gasteiger partial charge in [-0.15, -0.1) is 0 Å². The molecule has 0 aliphatic carbocycles. The summed E-state index contributed by atoms with van der Waals surface area (Å²) in [5.41, 5.74) is 0.488. The molecular weight excluding hydrogens is 388 g/mol. The number of ether oxygens (including phenoxy) is 3. The third-order valence-corrected chi connectivity index (χ3v) is 4.50. The summed E-state index contributed by atoms with van der Waals surface area (Å²) in [7, 11) is 3.06. The van der Waals surface area contributed by atoms with Gasteiger partial charge in [-0.05, 0) is 30.7 Å². The number of hydrogen-bond acceptors (Lipinski definition) is 7. The number of pyridine rings is 1. The van der Waals surface area contributed by atoms with Crippen molar-refractivity contribution < 1.29 is 23.8 Å². The third kappa shape index (κ3) is 4.86. The van der Waals surface area contributed by atoms with Gasteiger partial charge in [-0.2, -0.15) is 10.1 Å². The highest BCUT2D eigenvalue weighted by molar-refractivity contribution is 6.15. The smallest absolute Gasteiger partial charge is 0.255 e. The van der Waals surface area contributed by atoms with Crippen molar-refractivity contribution in [3.05, 3.63) is 42.7 Å². The maximum Gasteiger partial charge on any atom is 0.255 e. The summed E-state index contributed by atoms with van der Waals surface area (Å²) < 4.78 is 16.2. The van der Waals surface area contributed by atoms with E-state index in [2.05, 4.69) is 10.1 Å². The highest BCUT2D eigenvalue weighted by atomic mass is 16.5. The minimum absolute atomic E-state index is 0.0260. The van der Waals surface area contributed by atoms with Crippen molar-refractivity contribution in [2.45, 2.75) is 19.8 Å². The minimum Gasteiger partial charge on any atom is -0.497 e. The van der Waals surface area contributed by atoms with Gasteiger partial charge in [-0.3, -0.25) is 19.5 Å². The molecule has 30 heavy (non-hydrogen) atoms. The number of aromatic nitrogens is 1. The van der Waals surface area contributed by atoms with Crippen LogP contribution < -0.4 is 19.2 Å². The van der Waals surface area contributed by atoms with E-state index in [0.717, 1.165) is 0 Å². The average Bonchev–Trinajstić information content (AvgIpc) is 3.14. The molecule has 158 valence electrons. The van der Waals surface area contributed by atoms with Gasteiger partial charge < -0.3 is 14.2 Å². The molecule has 3 rings (SSSR count). The number of hydrogen-bond donors (Lipinski definition) is 0. The van der Waals surface area contributed by atoms with Crippen molar-refractivity contribution in [3.63, 3.8) is 0 Å². The van der Waals surface area contributed by atoms with Crippen LogP contribution in [-0.2, 0) is 9.59 Å². The van der Waals surface area contributed by atoms with Gasteiger partial charge in [-0.25, -0.2) is 0 Å². The van der Waals surface area contributed by atoms with Crippen LogP contribution in [0.5, 0.6) is 17.2 Å². The molecule has 0 radical (unpaired) electrons. The molecule has 1 aliphatic heterocycles. The predicted octanol–water partition coefficient (Wildman–Crippen LogP) is 2.47. The van der Waals surface area contributed by atoms with E-state index in [1.807, 2.05) is 6.07 Å². The van der Waals surface area contributed by atoms with Crippen LogP contribution in [0.3, 0.4) is 0 Å². The number of methoxy groups -OCH3 is 2. The number of amides is 2. The molecule has 9 nitrogen and oxygen atoms in total. The molecule has 0 saturated heterocycles. The number of carbonyl (C=O) groups excluding carboxylic acids is 2. The summed E-state index contributed by atoms with van der Waals surface area (Å²) in [6.07, 6.45) is 3.90. The highest BCUT2D eigenvalue weighted by Crippen LogP contribution is 2.34. The normalized spacial score (nSPS) is 13.1. The van der Waals surface area contributed by atoms with Gasteiger partial charge in [0, 0.05) is 25.7 Å². The molecule has 0 spiro atoms. The zero-order valence-electron chi connectivity index (χ0n) is 17.2. The van der Waals surface area contributed by atoms with Gasteiger partial charge in [-0.1, -0.05) is 0 Å². The topological polar surface area (TPSA) is 93.6 Å². The Morgan fingerprint density at radius 1 is 1.20 bits per heavy atom. The van der Waals surface area contributed by atoms with Gasteiger partial charge in [0.25, 0.3) is 5.91 Å². The quantitative estimate of drug-likeness (QED) is 0.619. The predicted molar refractivity (Wildman–Crippen MR) is 111 cm³/mol. The molecule has 1 aliphatic rings. The third-order valence-electron chi connectivity index (χ3n) is 4.50. The first-order valence-electron chi connectivity index (χ1n) is 9.47. The zero-order valence-corrected chi connectivity index (χ0v) is 17.2. The average molecular weight is 412 g/mol. The first-order chi connectivity index (χ1) is 14.5. The monoisotopic (exact) mass is 412 g/mol. The molecule has 1 aromatic carbocycles. The second-order valence-electron chi connectivity index (χ2n) is 6.50. The van der Waals surface area contributed by atoms with Gasteiger partial charge in [0.2, 0.25) is 5.91 Å². The lowest BCUT2D eigenvalue weighted by Crippen LogP contribution is -2.36. The lowest BCUT2D eigenvalue weighted by molar-refractivity contribution is -0.125. The summed E-state index contributed by atoms with van der Waals surface area (Å²) in [4.78, 5) is 30.3. The molecule has 9 heteroatoms. The number of nitrogens with zero attached hydrogens (tertiary/aromatic N) is 4. The molecule has 0 fully saturated rings. The number of benzene rings is 1. The van der Waals surface area contributed by atoms with Crippen LogP contribution in [0.15, 0.2) is 47.8 Å². The van der Waals surface area contributed by atoms with Crippen LogP contribution in [0.4, 0.5) is 5.69 Å². The molecule has 0 bridgehead atoms. The lowest BCUT2D eigenvalue weighted by atomic mass is 10.2. The molecule has 0 unspecified atom stereocenters. The largest absolute Gasteiger partial charge is 0.497 e. The van der Waals surface area contributed by atoms with Gasteiger partial charge in [0.05, 0.1) is 33.4 Å². The molecular formula is C21H24N4O5. The van der Waals surface area contributed by atoms with E-state index in [9.17, 15) is 9.59 Å². The van der Waals surface area contributed by atoms with Crippen molar-refractivity contribution >= 4 is 23.3 Å². The Hall–Kier alpha value is -3.62. The maximum absolute atomic E-state index is 12.6. The number of rotatable bonds is 8. The Bertz CT molecular complexity index is 932.